The molecule has 10 heteroatoms. The minimum absolute atomic E-state index is 0.00849. The van der Waals surface area contributed by atoms with Crippen LogP contribution in [0.5, 0.6) is 0 Å². The van der Waals surface area contributed by atoms with Gasteiger partial charge in [0, 0.05) is 41.9 Å². The molecule has 1 aromatic carbocycles. The number of carbonyl (C=O) groups excluding carboxylic acids is 1. The van der Waals surface area contributed by atoms with Gasteiger partial charge in [0.2, 0.25) is 5.95 Å². The lowest BCUT2D eigenvalue weighted by Gasteiger charge is -2.42. The highest BCUT2D eigenvalue weighted by Gasteiger charge is 2.37. The van der Waals surface area contributed by atoms with Gasteiger partial charge in [-0.25, -0.2) is 9.78 Å². The Bertz CT molecular complexity index is 1200. The number of fused-ring (bicyclic) bond motifs is 4. The first-order chi connectivity index (χ1) is 15.7. The molecule has 0 bridgehead atoms. The molecule has 0 spiro atoms. The largest absolute Gasteiger partial charge is 0.609 e. The van der Waals surface area contributed by atoms with Crippen molar-refractivity contribution in [2.24, 2.45) is 0 Å². The lowest BCUT2D eigenvalue weighted by molar-refractivity contribution is 0.0576. The number of nitrogens with zero attached hydrogens (tertiary/aromatic N) is 6. The maximum absolute atomic E-state index is 12.9. The lowest BCUT2D eigenvalue weighted by atomic mass is 9.94. The zero-order valence-electron chi connectivity index (χ0n) is 19.1. The van der Waals surface area contributed by atoms with E-state index in [2.05, 4.69) is 25.9 Å². The summed E-state index contributed by atoms with van der Waals surface area (Å²) in [6.07, 6.45) is 7.29. The van der Waals surface area contributed by atoms with E-state index in [9.17, 15) is 9.35 Å². The van der Waals surface area contributed by atoms with Crippen molar-refractivity contribution in [1.29, 1.82) is 0 Å². The van der Waals surface area contributed by atoms with Crippen LogP contribution in [0.1, 0.15) is 44.4 Å². The predicted octanol–water partition coefficient (Wildman–Crippen LogP) is 3.61. The molecule has 0 radical (unpaired) electrons. The summed E-state index contributed by atoms with van der Waals surface area (Å²) < 4.78 is 19.5. The van der Waals surface area contributed by atoms with Gasteiger partial charge in [-0.2, -0.15) is 9.97 Å². The highest BCUT2D eigenvalue weighted by atomic mass is 32.2. The highest BCUT2D eigenvalue weighted by Crippen LogP contribution is 2.42. The number of imidazole rings is 1. The zero-order valence-corrected chi connectivity index (χ0v) is 19.9. The van der Waals surface area contributed by atoms with Gasteiger partial charge in [-0.15, -0.1) is 0 Å². The Morgan fingerprint density at radius 2 is 2.03 bits per heavy atom. The summed E-state index contributed by atoms with van der Waals surface area (Å²) in [5.74, 6) is 1.47. The molecule has 0 fully saturated rings. The molecule has 0 N–H and O–H groups in total. The van der Waals surface area contributed by atoms with E-state index in [1.165, 1.54) is 0 Å². The molecule has 2 aromatic heterocycles. The molecular formula is C23H26N6O3S. The molecule has 9 nitrogen and oxygen atoms in total. The molecule has 172 valence electrons. The number of rotatable bonds is 2. The Balaban J connectivity index is 1.51. The van der Waals surface area contributed by atoms with E-state index in [4.69, 9.17) is 4.74 Å². The minimum Gasteiger partial charge on any atom is -0.609 e. The number of hydrogen-bond acceptors (Lipinski definition) is 7. The Morgan fingerprint density at radius 3 is 2.79 bits per heavy atom. The van der Waals surface area contributed by atoms with E-state index in [1.807, 2.05) is 49.7 Å². The fraction of sp³-hybridized carbons (Fsp3) is 0.391. The smallest absolute Gasteiger partial charge is 0.414 e. The van der Waals surface area contributed by atoms with Crippen LogP contribution in [0.15, 0.2) is 48.0 Å². The Labute approximate surface area is 195 Å². The first-order valence-corrected chi connectivity index (χ1v) is 12.4. The summed E-state index contributed by atoms with van der Waals surface area (Å²) in [4.78, 5) is 30.3. The normalized spacial score (nSPS) is 18.3. The van der Waals surface area contributed by atoms with E-state index in [0.29, 0.717) is 24.1 Å². The van der Waals surface area contributed by atoms with Gasteiger partial charge in [-0.3, -0.25) is 9.47 Å². The first kappa shape index (κ1) is 21.7. The lowest BCUT2D eigenvalue weighted by Crippen LogP contribution is -2.44. The van der Waals surface area contributed by atoms with Gasteiger partial charge in [-0.1, -0.05) is 18.2 Å². The van der Waals surface area contributed by atoms with E-state index in [-0.39, 0.29) is 12.1 Å². The summed E-state index contributed by atoms with van der Waals surface area (Å²) in [6, 6.07) is 7.95. The third kappa shape index (κ3) is 3.93. The van der Waals surface area contributed by atoms with Crippen LogP contribution >= 0.6 is 0 Å². The third-order valence-corrected chi connectivity index (χ3v) is 6.44. The molecule has 33 heavy (non-hydrogen) atoms. The zero-order chi connectivity index (χ0) is 23.3. The van der Waals surface area contributed by atoms with Crippen LogP contribution in [0.3, 0.4) is 0 Å². The minimum atomic E-state index is -1.27. The molecule has 2 atom stereocenters. The molecule has 2 aliphatic heterocycles. The van der Waals surface area contributed by atoms with Gasteiger partial charge in [0.15, 0.2) is 5.82 Å². The summed E-state index contributed by atoms with van der Waals surface area (Å²) in [5.41, 5.74) is 2.26. The van der Waals surface area contributed by atoms with Crippen LogP contribution in [-0.2, 0) is 22.5 Å². The van der Waals surface area contributed by atoms with Crippen molar-refractivity contribution in [1.82, 2.24) is 19.5 Å². The number of amides is 1. The van der Waals surface area contributed by atoms with Crippen LogP contribution in [0.25, 0.3) is 5.82 Å². The molecule has 4 heterocycles. The number of benzene rings is 1. The standard InChI is InChI=1S/C23H26N6O3S/c1-23(2,3)32-22(30)27-11-9-18(16-7-5-6-8-17(16)27)29-14-15-13-25-20(33(4)31)26-19(15)28-12-10-24-21(28)29/h5-8,10,12-13,18H,9,11,14H2,1-4H3. The Kier molecular flexibility index (Phi) is 5.29. The van der Waals surface area contributed by atoms with Crippen LogP contribution in [0.2, 0.25) is 0 Å². The third-order valence-electron chi connectivity index (χ3n) is 5.73. The fourth-order valence-corrected chi connectivity index (χ4v) is 4.81. The first-order valence-electron chi connectivity index (χ1n) is 10.8. The maximum Gasteiger partial charge on any atom is 0.414 e. The van der Waals surface area contributed by atoms with Crippen molar-refractivity contribution in [3.63, 3.8) is 0 Å². The van der Waals surface area contributed by atoms with Gasteiger partial charge >= 0.3 is 11.2 Å². The molecule has 5 rings (SSSR count). The second-order valence-corrected chi connectivity index (χ2v) is 10.4. The number of ether oxygens (including phenoxy) is 1. The van der Waals surface area contributed by atoms with Gasteiger partial charge < -0.3 is 14.2 Å². The summed E-state index contributed by atoms with van der Waals surface area (Å²) in [7, 11) is 0. The van der Waals surface area contributed by atoms with E-state index in [0.717, 1.165) is 29.2 Å². The number of anilines is 2. The second kappa shape index (κ2) is 8.03. The van der Waals surface area contributed by atoms with Crippen molar-refractivity contribution in [3.05, 3.63) is 54.0 Å². The quantitative estimate of drug-likeness (QED) is 0.420. The predicted molar refractivity (Wildman–Crippen MR) is 125 cm³/mol. The number of aromatic nitrogens is 4. The molecule has 2 unspecified atom stereocenters. The van der Waals surface area contributed by atoms with Crippen molar-refractivity contribution in [2.75, 3.05) is 22.6 Å². The van der Waals surface area contributed by atoms with Gasteiger partial charge in [0.1, 0.15) is 11.9 Å². The van der Waals surface area contributed by atoms with Gasteiger partial charge in [0.05, 0.1) is 18.3 Å². The molecule has 1 amide bonds. The van der Waals surface area contributed by atoms with E-state index < -0.39 is 16.8 Å². The SMILES string of the molecule is C[S+]([O-])c1ncc2c(n1)-n1ccnc1N(C1CCN(C(=O)OC(C)(C)C)c3ccccc31)C2. The Morgan fingerprint density at radius 1 is 1.24 bits per heavy atom. The second-order valence-electron chi connectivity index (χ2n) is 9.18. The monoisotopic (exact) mass is 466 g/mol. The van der Waals surface area contributed by atoms with Crippen LogP contribution in [0, 0.1) is 0 Å². The number of para-hydroxylation sites is 1. The molecule has 0 aliphatic carbocycles. The van der Waals surface area contributed by atoms with Crippen molar-refractivity contribution >= 4 is 28.9 Å². The van der Waals surface area contributed by atoms with Gasteiger partial charge in [-0.05, 0) is 38.8 Å². The van der Waals surface area contributed by atoms with E-state index in [1.54, 1.807) is 23.5 Å². The average Bonchev–Trinajstić information content (AvgIpc) is 3.26. The van der Waals surface area contributed by atoms with Crippen LogP contribution in [-0.4, -0.2) is 48.6 Å². The van der Waals surface area contributed by atoms with Gasteiger partial charge in [0.25, 0.3) is 0 Å². The highest BCUT2D eigenvalue weighted by molar-refractivity contribution is 7.90. The van der Waals surface area contributed by atoms with Crippen LogP contribution < -0.4 is 9.80 Å². The summed E-state index contributed by atoms with van der Waals surface area (Å²) in [5, 5.41) is 0.304. The number of hydrogen-bond donors (Lipinski definition) is 0. The average molecular weight is 467 g/mol. The molecular weight excluding hydrogens is 440 g/mol. The molecule has 3 aromatic rings. The molecule has 2 aliphatic rings. The van der Waals surface area contributed by atoms with Crippen LogP contribution in [0.4, 0.5) is 16.4 Å². The van der Waals surface area contributed by atoms with Crippen molar-refractivity contribution in [2.45, 2.75) is 50.5 Å². The van der Waals surface area contributed by atoms with E-state index >= 15 is 0 Å². The summed E-state index contributed by atoms with van der Waals surface area (Å²) in [6.45, 7) is 6.71. The Hall–Kier alpha value is -3.11. The number of carbonyl (C=O) groups is 1. The maximum atomic E-state index is 12.9. The molecule has 0 saturated heterocycles. The summed E-state index contributed by atoms with van der Waals surface area (Å²) >= 11 is -1.27. The van der Waals surface area contributed by atoms with Crippen molar-refractivity contribution in [3.8, 4) is 5.82 Å². The molecule has 0 saturated carbocycles. The fourth-order valence-electron chi connectivity index (χ4n) is 4.39. The topological polar surface area (TPSA) is 99.4 Å². The van der Waals surface area contributed by atoms with Crippen molar-refractivity contribution < 1.29 is 14.1 Å².